The van der Waals surface area contributed by atoms with Gasteiger partial charge in [0.05, 0.1) is 11.0 Å². The molecule has 7 nitrogen and oxygen atoms in total. The lowest BCUT2D eigenvalue weighted by molar-refractivity contribution is -0.210. The minimum atomic E-state index is -3.42. The van der Waals surface area contributed by atoms with Gasteiger partial charge in [-0.05, 0) is 40.5 Å². The standard InChI is InChI=1S/C16H18N4O3S/c1-11(21)9-16(17)20-24(22,23)15-7-5-12(6-8-15)13-3-2-4-14(10-13)19-18/h2-10,18,21-23H,1H3,(H2,17,20)/p+2/b11-9-,19-18?. The average Bonchev–Trinajstić information content (AvgIpc) is 2.53. The first kappa shape index (κ1) is 17.7. The second kappa shape index (κ2) is 7.26. The van der Waals surface area contributed by atoms with Gasteiger partial charge in [0.25, 0.3) is 0 Å². The molecule has 2 aromatic carbocycles. The van der Waals surface area contributed by atoms with E-state index in [4.69, 9.17) is 16.4 Å². The van der Waals surface area contributed by atoms with Crippen molar-refractivity contribution in [2.45, 2.75) is 11.8 Å². The normalized spacial score (nSPS) is 13.6. The van der Waals surface area contributed by atoms with Gasteiger partial charge < -0.3 is 10.8 Å². The number of hydrogen-bond acceptors (Lipinski definition) is 4. The zero-order valence-corrected chi connectivity index (χ0v) is 13.9. The van der Waals surface area contributed by atoms with E-state index < -0.39 is 10.8 Å². The Morgan fingerprint density at radius 2 is 1.83 bits per heavy atom. The quantitative estimate of drug-likeness (QED) is 0.216. The Hall–Kier alpha value is -2.68. The highest BCUT2D eigenvalue weighted by atomic mass is 32.3. The molecule has 0 saturated carbocycles. The van der Waals surface area contributed by atoms with Crippen molar-refractivity contribution in [3.8, 4) is 11.1 Å². The van der Waals surface area contributed by atoms with Gasteiger partial charge in [-0.1, -0.05) is 35.0 Å². The number of rotatable bonds is 5. The molecule has 24 heavy (non-hydrogen) atoms. The molecule has 0 aliphatic heterocycles. The van der Waals surface area contributed by atoms with Crippen LogP contribution in [0.1, 0.15) is 6.92 Å². The summed E-state index contributed by atoms with van der Waals surface area (Å²) in [5.41, 5.74) is 13.3. The molecule has 0 spiro atoms. The molecule has 0 radical (unpaired) electrons. The van der Waals surface area contributed by atoms with Crippen LogP contribution in [0.4, 0.5) is 5.69 Å². The number of nitrogens with two attached hydrogens (primary N) is 2. The number of allylic oxidation sites excluding steroid dienone is 1. The van der Waals surface area contributed by atoms with E-state index in [1.165, 1.54) is 13.0 Å². The molecule has 0 aliphatic rings. The summed E-state index contributed by atoms with van der Waals surface area (Å²) in [4.78, 5) is 0.241. The maximum absolute atomic E-state index is 10.2. The zero-order chi connectivity index (χ0) is 17.7. The molecule has 8 N–H and O–H groups in total. The number of benzene rings is 2. The van der Waals surface area contributed by atoms with Gasteiger partial charge in [0.2, 0.25) is 5.76 Å². The predicted molar refractivity (Wildman–Crippen MR) is 96.0 cm³/mol. The van der Waals surface area contributed by atoms with Crippen LogP contribution in [0.3, 0.4) is 0 Å². The number of amidine groups is 1. The SMILES string of the molecule is C/C([OH2+])=C/C(N)=N\S(O)(O)c1ccc(-c2cccc(N=[NH2+])c2)cc1. The van der Waals surface area contributed by atoms with Gasteiger partial charge in [0.1, 0.15) is 5.69 Å². The van der Waals surface area contributed by atoms with Crippen molar-refractivity contribution >= 4 is 22.3 Å². The lowest BCUT2D eigenvalue weighted by Gasteiger charge is -2.27. The highest BCUT2D eigenvalue weighted by Gasteiger charge is 2.15. The zero-order valence-electron chi connectivity index (χ0n) is 13.0. The Bertz CT molecular complexity index is 797. The molecular formula is C16H20N4O3S+2. The third-order valence-electron chi connectivity index (χ3n) is 3.10. The highest BCUT2D eigenvalue weighted by molar-refractivity contribution is 8.23. The van der Waals surface area contributed by atoms with Gasteiger partial charge in [0, 0.05) is 6.92 Å². The first-order chi connectivity index (χ1) is 11.3. The largest absolute Gasteiger partial charge is 0.597 e. The van der Waals surface area contributed by atoms with Gasteiger partial charge in [-0.25, -0.2) is 0 Å². The molecule has 0 fully saturated rings. The van der Waals surface area contributed by atoms with Crippen LogP contribution in [-0.4, -0.2) is 20.0 Å². The van der Waals surface area contributed by atoms with Crippen molar-refractivity contribution in [3.63, 3.8) is 0 Å². The fourth-order valence-electron chi connectivity index (χ4n) is 2.04. The molecule has 0 aromatic heterocycles. The second-order valence-corrected chi connectivity index (χ2v) is 6.76. The summed E-state index contributed by atoms with van der Waals surface area (Å²) >= 11 is 0. The van der Waals surface area contributed by atoms with Crippen molar-refractivity contribution in [1.82, 2.24) is 0 Å². The summed E-state index contributed by atoms with van der Waals surface area (Å²) in [6, 6.07) is 14.0. The Kier molecular flexibility index (Phi) is 5.35. The van der Waals surface area contributed by atoms with E-state index in [0.717, 1.165) is 11.1 Å². The Morgan fingerprint density at radius 3 is 2.42 bits per heavy atom. The maximum Gasteiger partial charge on any atom is 0.229 e. The molecular weight excluding hydrogens is 328 g/mol. The van der Waals surface area contributed by atoms with Gasteiger partial charge in [-0.15, -0.1) is 4.40 Å². The molecule has 0 saturated heterocycles. The van der Waals surface area contributed by atoms with Crippen molar-refractivity contribution in [3.05, 3.63) is 60.4 Å². The van der Waals surface area contributed by atoms with E-state index >= 15 is 0 Å². The molecule has 0 unspecified atom stereocenters. The third-order valence-corrected chi connectivity index (χ3v) is 4.47. The molecule has 0 heterocycles. The molecule has 0 aliphatic carbocycles. The van der Waals surface area contributed by atoms with E-state index in [1.54, 1.807) is 30.3 Å². The van der Waals surface area contributed by atoms with E-state index in [2.05, 4.69) is 9.51 Å². The Morgan fingerprint density at radius 1 is 1.17 bits per heavy atom. The fraction of sp³-hybridized carbons (Fsp3) is 0.0625. The van der Waals surface area contributed by atoms with Crippen LogP contribution in [0.15, 0.2) is 74.8 Å². The average molecular weight is 348 g/mol. The molecule has 126 valence electrons. The Labute approximate surface area is 141 Å². The number of hydrogen-bond donors (Lipinski definition) is 4. The topological polar surface area (TPSA) is 140 Å². The van der Waals surface area contributed by atoms with Gasteiger partial charge in [-0.2, -0.15) is 5.53 Å². The van der Waals surface area contributed by atoms with Crippen LogP contribution < -0.4 is 11.3 Å². The van der Waals surface area contributed by atoms with E-state index in [0.29, 0.717) is 5.69 Å². The molecule has 8 heteroatoms. The third kappa shape index (κ3) is 4.42. The first-order valence-corrected chi connectivity index (χ1v) is 8.47. The van der Waals surface area contributed by atoms with E-state index in [-0.39, 0.29) is 16.5 Å². The van der Waals surface area contributed by atoms with Gasteiger partial charge >= 0.3 is 0 Å². The van der Waals surface area contributed by atoms with E-state index in [9.17, 15) is 9.11 Å². The summed E-state index contributed by atoms with van der Waals surface area (Å²) in [6.45, 7) is 1.52. The van der Waals surface area contributed by atoms with E-state index in [1.807, 2.05) is 18.2 Å². The number of nitrogens with zero attached hydrogens (tertiary/aromatic N) is 2. The molecule has 0 amide bonds. The van der Waals surface area contributed by atoms with Crippen LogP contribution in [0.5, 0.6) is 0 Å². The molecule has 0 atom stereocenters. The lowest BCUT2D eigenvalue weighted by atomic mass is 10.1. The summed E-state index contributed by atoms with van der Waals surface area (Å²) < 4.78 is 24.0. The maximum atomic E-state index is 10.2. The van der Waals surface area contributed by atoms with Crippen molar-refractivity contribution < 1.29 is 19.7 Å². The summed E-state index contributed by atoms with van der Waals surface area (Å²) in [5.74, 6) is 0.0656. The summed E-state index contributed by atoms with van der Waals surface area (Å²) in [6.07, 6.45) is 1.25. The van der Waals surface area contributed by atoms with Crippen LogP contribution in [-0.2, 0) is 0 Å². The first-order valence-electron chi connectivity index (χ1n) is 6.97. The predicted octanol–water partition coefficient (Wildman–Crippen LogP) is 2.21. The van der Waals surface area contributed by atoms with Crippen molar-refractivity contribution in [1.29, 1.82) is 0 Å². The van der Waals surface area contributed by atoms with Crippen LogP contribution in [0.2, 0.25) is 0 Å². The van der Waals surface area contributed by atoms with Crippen molar-refractivity contribution in [2.75, 3.05) is 0 Å². The van der Waals surface area contributed by atoms with Gasteiger partial charge in [-0.3, -0.25) is 9.11 Å². The summed E-state index contributed by atoms with van der Waals surface area (Å²) in [5, 5.41) is 10.9. The van der Waals surface area contributed by atoms with Gasteiger partial charge in [0.15, 0.2) is 5.84 Å². The molecule has 2 rings (SSSR count). The minimum Gasteiger partial charge on any atom is -0.597 e. The second-order valence-electron chi connectivity index (χ2n) is 5.07. The highest BCUT2D eigenvalue weighted by Crippen LogP contribution is 2.49. The smallest absolute Gasteiger partial charge is 0.229 e. The lowest BCUT2D eigenvalue weighted by Crippen LogP contribution is -2.21. The molecule has 2 aromatic rings. The van der Waals surface area contributed by atoms with Crippen LogP contribution in [0, 0.1) is 0 Å². The molecule has 0 bridgehead atoms. The minimum absolute atomic E-state index is 0.108. The van der Waals surface area contributed by atoms with Crippen molar-refractivity contribution in [2.24, 2.45) is 15.2 Å². The monoisotopic (exact) mass is 348 g/mol. The van der Waals surface area contributed by atoms with Crippen LogP contribution in [0.25, 0.3) is 11.1 Å². The van der Waals surface area contributed by atoms with Crippen LogP contribution >= 0.6 is 10.8 Å². The fourth-order valence-corrected chi connectivity index (χ4v) is 3.00. The summed E-state index contributed by atoms with van der Waals surface area (Å²) in [7, 11) is -3.42. The Balaban J connectivity index is 2.31.